The maximum atomic E-state index is 12.2. The van der Waals surface area contributed by atoms with Crippen LogP contribution in [0, 0.1) is 11.3 Å². The third-order valence-electron chi connectivity index (χ3n) is 3.55. The molecule has 106 valence electrons. The molecule has 0 aromatic heterocycles. The van der Waals surface area contributed by atoms with Gasteiger partial charge >= 0.3 is 0 Å². The Morgan fingerprint density at radius 2 is 2.15 bits per heavy atom. The molecule has 1 unspecified atom stereocenters. The quantitative estimate of drug-likeness (QED) is 0.866. The lowest BCUT2D eigenvalue weighted by molar-refractivity contribution is -0.135. The number of benzene rings is 1. The highest BCUT2D eigenvalue weighted by Crippen LogP contribution is 2.12. The predicted molar refractivity (Wildman–Crippen MR) is 76.9 cm³/mol. The fraction of sp³-hybridized carbons (Fsp3) is 0.467. The van der Waals surface area contributed by atoms with Crippen LogP contribution in [0.3, 0.4) is 0 Å². The SMILES string of the molecule is CN(C)C(=O)C1CNCCN1Cc1ccc(C#N)cc1. The number of piperazine rings is 1. The van der Waals surface area contributed by atoms with Crippen LogP contribution < -0.4 is 5.32 Å². The molecule has 20 heavy (non-hydrogen) atoms. The van der Waals surface area contributed by atoms with Gasteiger partial charge in [-0.1, -0.05) is 12.1 Å². The van der Waals surface area contributed by atoms with Crippen LogP contribution in [-0.2, 0) is 11.3 Å². The molecule has 2 rings (SSSR count). The van der Waals surface area contributed by atoms with Crippen LogP contribution in [0.15, 0.2) is 24.3 Å². The molecule has 1 fully saturated rings. The zero-order chi connectivity index (χ0) is 14.5. The zero-order valence-corrected chi connectivity index (χ0v) is 12.0. The molecule has 1 saturated heterocycles. The number of likely N-dealkylation sites (N-methyl/N-ethyl adjacent to an activating group) is 1. The third kappa shape index (κ3) is 3.35. The van der Waals surface area contributed by atoms with E-state index < -0.39 is 0 Å². The van der Waals surface area contributed by atoms with Gasteiger partial charge in [0.15, 0.2) is 0 Å². The lowest BCUT2D eigenvalue weighted by Gasteiger charge is -2.36. The standard InChI is InChI=1S/C15H20N4O/c1-18(2)15(20)14-10-17-7-8-19(14)11-13-5-3-12(9-16)4-6-13/h3-6,14,17H,7-8,10-11H2,1-2H3. The molecule has 1 heterocycles. The minimum Gasteiger partial charge on any atom is -0.347 e. The maximum Gasteiger partial charge on any atom is 0.240 e. The number of carbonyl (C=O) groups is 1. The van der Waals surface area contributed by atoms with Crippen LogP contribution in [0.4, 0.5) is 0 Å². The van der Waals surface area contributed by atoms with Crippen molar-refractivity contribution in [3.05, 3.63) is 35.4 Å². The summed E-state index contributed by atoms with van der Waals surface area (Å²) in [5.41, 5.74) is 1.79. The van der Waals surface area contributed by atoms with Gasteiger partial charge in [-0.25, -0.2) is 0 Å². The minimum atomic E-state index is -0.116. The van der Waals surface area contributed by atoms with E-state index in [1.165, 1.54) is 0 Å². The minimum absolute atomic E-state index is 0.116. The summed E-state index contributed by atoms with van der Waals surface area (Å²) in [5.74, 6) is 0.130. The Morgan fingerprint density at radius 1 is 1.45 bits per heavy atom. The summed E-state index contributed by atoms with van der Waals surface area (Å²) in [5, 5.41) is 12.1. The molecular formula is C15H20N4O. The largest absolute Gasteiger partial charge is 0.347 e. The van der Waals surface area contributed by atoms with Crippen molar-refractivity contribution in [1.29, 1.82) is 5.26 Å². The molecule has 0 aliphatic carbocycles. The summed E-state index contributed by atoms with van der Waals surface area (Å²) >= 11 is 0. The Hall–Kier alpha value is -1.90. The molecule has 1 aliphatic rings. The van der Waals surface area contributed by atoms with Gasteiger partial charge in [0.25, 0.3) is 0 Å². The second-order valence-electron chi connectivity index (χ2n) is 5.23. The molecule has 0 spiro atoms. The Bertz CT molecular complexity index is 504. The Labute approximate surface area is 119 Å². The number of nitrogens with zero attached hydrogens (tertiary/aromatic N) is 3. The maximum absolute atomic E-state index is 12.2. The Kier molecular flexibility index (Phi) is 4.72. The molecular weight excluding hydrogens is 252 g/mol. The van der Waals surface area contributed by atoms with E-state index in [1.807, 2.05) is 24.3 Å². The molecule has 5 heteroatoms. The van der Waals surface area contributed by atoms with Crippen molar-refractivity contribution in [2.24, 2.45) is 0 Å². The highest BCUT2D eigenvalue weighted by Gasteiger charge is 2.29. The van der Waals surface area contributed by atoms with E-state index in [9.17, 15) is 4.79 Å². The predicted octanol–water partition coefficient (Wildman–Crippen LogP) is 0.420. The highest BCUT2D eigenvalue weighted by atomic mass is 16.2. The molecule has 1 N–H and O–H groups in total. The van der Waals surface area contributed by atoms with Gasteiger partial charge in [0.1, 0.15) is 6.04 Å². The summed E-state index contributed by atoms with van der Waals surface area (Å²) < 4.78 is 0. The number of rotatable bonds is 3. The lowest BCUT2D eigenvalue weighted by atomic mass is 10.1. The van der Waals surface area contributed by atoms with Crippen molar-refractivity contribution >= 4 is 5.91 Å². The lowest BCUT2D eigenvalue weighted by Crippen LogP contribution is -2.57. The first kappa shape index (κ1) is 14.5. The monoisotopic (exact) mass is 272 g/mol. The van der Waals surface area contributed by atoms with Gasteiger partial charge in [-0.3, -0.25) is 9.69 Å². The Balaban J connectivity index is 2.08. The molecule has 1 aliphatic heterocycles. The number of nitrogens with one attached hydrogen (secondary N) is 1. The van der Waals surface area contributed by atoms with Gasteiger partial charge in [0.2, 0.25) is 5.91 Å². The van der Waals surface area contributed by atoms with Gasteiger partial charge in [0, 0.05) is 40.3 Å². The van der Waals surface area contributed by atoms with Crippen molar-refractivity contribution in [1.82, 2.24) is 15.1 Å². The molecule has 0 bridgehead atoms. The van der Waals surface area contributed by atoms with Crippen LogP contribution in [-0.4, -0.2) is 55.5 Å². The van der Waals surface area contributed by atoms with Crippen LogP contribution in [0.2, 0.25) is 0 Å². The highest BCUT2D eigenvalue weighted by molar-refractivity contribution is 5.81. The molecule has 1 aromatic rings. The fourth-order valence-corrected chi connectivity index (χ4v) is 2.40. The normalized spacial score (nSPS) is 19.4. The third-order valence-corrected chi connectivity index (χ3v) is 3.55. The van der Waals surface area contributed by atoms with E-state index in [1.54, 1.807) is 19.0 Å². The second kappa shape index (κ2) is 6.51. The van der Waals surface area contributed by atoms with Crippen molar-refractivity contribution in [3.8, 4) is 6.07 Å². The van der Waals surface area contributed by atoms with Gasteiger partial charge in [-0.05, 0) is 17.7 Å². The van der Waals surface area contributed by atoms with Gasteiger partial charge < -0.3 is 10.2 Å². The molecule has 1 aromatic carbocycles. The van der Waals surface area contributed by atoms with Crippen molar-refractivity contribution < 1.29 is 4.79 Å². The number of nitriles is 1. The number of carbonyl (C=O) groups excluding carboxylic acids is 1. The first-order chi connectivity index (χ1) is 9.61. The van der Waals surface area contributed by atoms with Crippen LogP contribution in [0.25, 0.3) is 0 Å². The van der Waals surface area contributed by atoms with E-state index in [0.717, 1.165) is 25.2 Å². The number of hydrogen-bond acceptors (Lipinski definition) is 4. The van der Waals surface area contributed by atoms with Crippen LogP contribution in [0.5, 0.6) is 0 Å². The first-order valence-corrected chi connectivity index (χ1v) is 6.77. The molecule has 1 amide bonds. The van der Waals surface area contributed by atoms with Gasteiger partial charge in [0.05, 0.1) is 11.6 Å². The average molecular weight is 272 g/mol. The van der Waals surface area contributed by atoms with Gasteiger partial charge in [-0.2, -0.15) is 5.26 Å². The zero-order valence-electron chi connectivity index (χ0n) is 12.0. The van der Waals surface area contributed by atoms with Gasteiger partial charge in [-0.15, -0.1) is 0 Å². The molecule has 0 saturated carbocycles. The summed E-state index contributed by atoms with van der Waals surface area (Å²) in [4.78, 5) is 16.0. The van der Waals surface area contributed by atoms with E-state index in [-0.39, 0.29) is 11.9 Å². The number of amides is 1. The van der Waals surface area contributed by atoms with Crippen molar-refractivity contribution in [3.63, 3.8) is 0 Å². The smallest absolute Gasteiger partial charge is 0.240 e. The van der Waals surface area contributed by atoms with Crippen molar-refractivity contribution in [2.75, 3.05) is 33.7 Å². The molecule has 5 nitrogen and oxygen atoms in total. The van der Waals surface area contributed by atoms with E-state index in [2.05, 4.69) is 16.3 Å². The topological polar surface area (TPSA) is 59.4 Å². The summed E-state index contributed by atoms with van der Waals surface area (Å²) in [6, 6.07) is 9.55. The van der Waals surface area contributed by atoms with Crippen LogP contribution >= 0.6 is 0 Å². The van der Waals surface area contributed by atoms with Crippen molar-refractivity contribution in [2.45, 2.75) is 12.6 Å². The summed E-state index contributed by atoms with van der Waals surface area (Å²) in [6.07, 6.45) is 0. The summed E-state index contributed by atoms with van der Waals surface area (Å²) in [6.45, 7) is 3.17. The number of hydrogen-bond donors (Lipinski definition) is 1. The Morgan fingerprint density at radius 3 is 2.75 bits per heavy atom. The first-order valence-electron chi connectivity index (χ1n) is 6.77. The van der Waals surface area contributed by atoms with E-state index >= 15 is 0 Å². The average Bonchev–Trinajstić information content (AvgIpc) is 2.48. The van der Waals surface area contributed by atoms with E-state index in [4.69, 9.17) is 5.26 Å². The fourth-order valence-electron chi connectivity index (χ4n) is 2.40. The second-order valence-corrected chi connectivity index (χ2v) is 5.23. The van der Waals surface area contributed by atoms with Crippen LogP contribution in [0.1, 0.15) is 11.1 Å². The summed E-state index contributed by atoms with van der Waals surface area (Å²) in [7, 11) is 3.58. The molecule has 0 radical (unpaired) electrons. The molecule has 1 atom stereocenters. The van der Waals surface area contributed by atoms with E-state index in [0.29, 0.717) is 12.1 Å².